The molecule has 0 aliphatic carbocycles. The fourth-order valence-electron chi connectivity index (χ4n) is 2.53. The van der Waals surface area contributed by atoms with Crippen LogP contribution in [0.5, 0.6) is 11.5 Å². The van der Waals surface area contributed by atoms with Crippen molar-refractivity contribution < 1.29 is 19.1 Å². The van der Waals surface area contributed by atoms with Crippen LogP contribution in [0.1, 0.15) is 41.5 Å². The highest BCUT2D eigenvalue weighted by Gasteiger charge is 2.26. The Bertz CT molecular complexity index is 878. The number of halogens is 1. The maximum Gasteiger partial charge on any atom is 0.308 e. The van der Waals surface area contributed by atoms with Crippen molar-refractivity contribution >= 4 is 57.8 Å². The first kappa shape index (κ1) is 21.9. The molecule has 27 heavy (non-hydrogen) atoms. The summed E-state index contributed by atoms with van der Waals surface area (Å²) in [7, 11) is 0. The summed E-state index contributed by atoms with van der Waals surface area (Å²) < 4.78 is 11.2. The van der Waals surface area contributed by atoms with Gasteiger partial charge in [-0.25, -0.2) is 0 Å². The second-order valence-electron chi connectivity index (χ2n) is 6.53. The third-order valence-corrected chi connectivity index (χ3v) is 5.85. The van der Waals surface area contributed by atoms with Crippen molar-refractivity contribution in [3.63, 3.8) is 0 Å². The van der Waals surface area contributed by atoms with E-state index < -0.39 is 11.9 Å². The van der Waals surface area contributed by atoms with Gasteiger partial charge in [0.1, 0.15) is 0 Å². The topological polar surface area (TPSA) is 52.6 Å². The number of hydrogen-bond donors (Lipinski definition) is 0. The summed E-state index contributed by atoms with van der Waals surface area (Å²) in [5.41, 5.74) is 0. The standard InChI is InChI=1S/C20H23ClO4S2/c1-10(2)26-19-17(24-12(5)22)15-8-7-14(21)9-16(15)18(25-13(6)23)20(19)27-11(3)4/h7-11H,1-6H3. The minimum atomic E-state index is -0.414. The lowest BCUT2D eigenvalue weighted by Gasteiger charge is -2.22. The van der Waals surface area contributed by atoms with Crippen LogP contribution < -0.4 is 9.47 Å². The molecule has 0 saturated carbocycles. The largest absolute Gasteiger partial charge is 0.425 e. The van der Waals surface area contributed by atoms with Crippen molar-refractivity contribution in [1.29, 1.82) is 0 Å². The Labute approximate surface area is 173 Å². The Kier molecular flexibility index (Phi) is 7.48. The van der Waals surface area contributed by atoms with Gasteiger partial charge in [-0.05, 0) is 18.2 Å². The summed E-state index contributed by atoms with van der Waals surface area (Å²) in [5.74, 6) is 0.116. The molecule has 0 radical (unpaired) electrons. The molecule has 2 rings (SSSR count). The van der Waals surface area contributed by atoms with Crippen molar-refractivity contribution in [1.82, 2.24) is 0 Å². The quantitative estimate of drug-likeness (QED) is 0.305. The maximum atomic E-state index is 11.8. The fraction of sp³-hybridized carbons (Fsp3) is 0.400. The van der Waals surface area contributed by atoms with Crippen LogP contribution >= 0.6 is 35.1 Å². The summed E-state index contributed by atoms with van der Waals surface area (Å²) in [4.78, 5) is 25.2. The van der Waals surface area contributed by atoms with Crippen LogP contribution in [0.25, 0.3) is 10.8 Å². The third kappa shape index (κ3) is 5.56. The normalized spacial score (nSPS) is 11.3. The highest BCUT2D eigenvalue weighted by Crippen LogP contribution is 2.52. The number of rotatable bonds is 6. The lowest BCUT2D eigenvalue weighted by molar-refractivity contribution is -0.133. The van der Waals surface area contributed by atoms with Crippen molar-refractivity contribution in [2.45, 2.75) is 61.8 Å². The molecule has 0 aliphatic rings. The molecule has 4 nitrogen and oxygen atoms in total. The van der Waals surface area contributed by atoms with Crippen LogP contribution in [0.3, 0.4) is 0 Å². The minimum Gasteiger partial charge on any atom is -0.425 e. The molecular weight excluding hydrogens is 404 g/mol. The molecule has 0 N–H and O–H groups in total. The Morgan fingerprint density at radius 3 is 1.70 bits per heavy atom. The van der Waals surface area contributed by atoms with E-state index in [0.29, 0.717) is 27.3 Å². The molecule has 0 aliphatic heterocycles. The SMILES string of the molecule is CC(=O)Oc1c(SC(C)C)c(SC(C)C)c(OC(C)=O)c2cc(Cl)ccc12. The Balaban J connectivity index is 2.97. The Hall–Kier alpha value is -1.37. The van der Waals surface area contributed by atoms with Crippen molar-refractivity contribution in [2.75, 3.05) is 0 Å². The molecule has 0 aromatic heterocycles. The summed E-state index contributed by atoms with van der Waals surface area (Å²) in [6.45, 7) is 11.0. The number of thioether (sulfide) groups is 2. The zero-order chi connectivity index (χ0) is 20.3. The molecule has 7 heteroatoms. The van der Waals surface area contributed by atoms with Crippen LogP contribution in [0.2, 0.25) is 5.02 Å². The fourth-order valence-corrected chi connectivity index (χ4v) is 4.85. The molecular formula is C20H23ClO4S2. The molecule has 0 unspecified atom stereocenters. The first-order valence-corrected chi connectivity index (χ1v) is 10.7. The molecule has 2 aromatic carbocycles. The van der Waals surface area contributed by atoms with E-state index in [1.807, 2.05) is 0 Å². The molecule has 146 valence electrons. The van der Waals surface area contributed by atoms with Gasteiger partial charge >= 0.3 is 11.9 Å². The first-order valence-electron chi connectivity index (χ1n) is 8.59. The van der Waals surface area contributed by atoms with Gasteiger partial charge in [-0.2, -0.15) is 0 Å². The second kappa shape index (κ2) is 9.22. The molecule has 0 atom stereocenters. The Morgan fingerprint density at radius 2 is 1.30 bits per heavy atom. The van der Waals surface area contributed by atoms with Crippen molar-refractivity contribution in [2.24, 2.45) is 0 Å². The van der Waals surface area contributed by atoms with Crippen molar-refractivity contribution in [3.05, 3.63) is 23.2 Å². The third-order valence-electron chi connectivity index (χ3n) is 3.29. The second-order valence-corrected chi connectivity index (χ2v) is 10.1. The molecule has 0 amide bonds. The zero-order valence-corrected chi connectivity index (χ0v) is 18.6. The summed E-state index contributed by atoms with van der Waals surface area (Å²) in [6.07, 6.45) is 0. The zero-order valence-electron chi connectivity index (χ0n) is 16.2. The van der Waals surface area contributed by atoms with E-state index >= 15 is 0 Å². The van der Waals surface area contributed by atoms with Gasteiger partial charge in [0.15, 0.2) is 11.5 Å². The van der Waals surface area contributed by atoms with Gasteiger partial charge in [-0.15, -0.1) is 23.5 Å². The van der Waals surface area contributed by atoms with E-state index in [2.05, 4.69) is 27.7 Å². The van der Waals surface area contributed by atoms with E-state index in [9.17, 15) is 9.59 Å². The van der Waals surface area contributed by atoms with E-state index in [1.54, 1.807) is 41.7 Å². The summed E-state index contributed by atoms with van der Waals surface area (Å²) >= 11 is 9.35. The highest BCUT2D eigenvalue weighted by molar-refractivity contribution is 8.03. The molecule has 0 bridgehead atoms. The summed E-state index contributed by atoms with van der Waals surface area (Å²) in [6, 6.07) is 5.25. The molecule has 0 spiro atoms. The van der Waals surface area contributed by atoms with Gasteiger partial charge in [0.2, 0.25) is 0 Å². The van der Waals surface area contributed by atoms with E-state index in [4.69, 9.17) is 21.1 Å². The van der Waals surface area contributed by atoms with Crippen LogP contribution in [0.15, 0.2) is 28.0 Å². The number of benzene rings is 2. The van der Waals surface area contributed by atoms with Crippen LogP contribution in [0.4, 0.5) is 0 Å². The van der Waals surface area contributed by atoms with Crippen LogP contribution in [0, 0.1) is 0 Å². The number of carbonyl (C=O) groups excluding carboxylic acids is 2. The average molecular weight is 427 g/mol. The van der Waals surface area contributed by atoms with Crippen molar-refractivity contribution in [3.8, 4) is 11.5 Å². The summed E-state index contributed by atoms with van der Waals surface area (Å²) in [5, 5.41) is 2.30. The molecule has 0 heterocycles. The molecule has 0 saturated heterocycles. The number of fused-ring (bicyclic) bond motifs is 1. The number of ether oxygens (including phenoxy) is 2. The van der Waals surface area contributed by atoms with Gasteiger partial charge < -0.3 is 9.47 Å². The maximum absolute atomic E-state index is 11.8. The predicted molar refractivity (Wildman–Crippen MR) is 114 cm³/mol. The van der Waals surface area contributed by atoms with E-state index in [0.717, 1.165) is 9.79 Å². The monoisotopic (exact) mass is 426 g/mol. The van der Waals surface area contributed by atoms with E-state index in [-0.39, 0.29) is 10.5 Å². The van der Waals surface area contributed by atoms with Crippen LogP contribution in [-0.4, -0.2) is 22.4 Å². The molecule has 2 aromatic rings. The first-order chi connectivity index (χ1) is 12.6. The number of carbonyl (C=O) groups is 2. The smallest absolute Gasteiger partial charge is 0.308 e. The number of hydrogen-bond acceptors (Lipinski definition) is 6. The highest BCUT2D eigenvalue weighted by atomic mass is 35.5. The van der Waals surface area contributed by atoms with Crippen LogP contribution in [-0.2, 0) is 9.59 Å². The van der Waals surface area contributed by atoms with Gasteiger partial charge in [0.05, 0.1) is 9.79 Å². The average Bonchev–Trinajstić information content (AvgIpc) is 2.52. The number of esters is 2. The predicted octanol–water partition coefficient (Wildman–Crippen LogP) is 6.34. The Morgan fingerprint density at radius 1 is 0.852 bits per heavy atom. The minimum absolute atomic E-state index is 0.229. The lowest BCUT2D eigenvalue weighted by Crippen LogP contribution is -2.09. The van der Waals surface area contributed by atoms with Gasteiger partial charge in [-0.3, -0.25) is 9.59 Å². The van der Waals surface area contributed by atoms with Gasteiger partial charge in [0.25, 0.3) is 0 Å². The molecule has 0 fully saturated rings. The van der Waals surface area contributed by atoms with Gasteiger partial charge in [0, 0.05) is 40.1 Å². The van der Waals surface area contributed by atoms with E-state index in [1.165, 1.54) is 13.8 Å². The van der Waals surface area contributed by atoms with Gasteiger partial charge in [-0.1, -0.05) is 39.3 Å². The lowest BCUT2D eigenvalue weighted by atomic mass is 10.1.